The molecule has 1 saturated carbocycles. The summed E-state index contributed by atoms with van der Waals surface area (Å²) in [4.78, 5) is 25.9. The van der Waals surface area contributed by atoms with Crippen LogP contribution in [-0.2, 0) is 0 Å². The predicted molar refractivity (Wildman–Crippen MR) is 116 cm³/mol. The number of hydrogen-bond donors (Lipinski definition) is 1. The summed E-state index contributed by atoms with van der Waals surface area (Å²) in [7, 11) is 0. The van der Waals surface area contributed by atoms with Gasteiger partial charge in [-0.15, -0.1) is 11.3 Å². The standard InChI is InChI=1S/C22H18FN5OS2/c23-14-2-4-15(5-3-14)30-18-7-8-25-9-16(18)19-10-26-22(31-19)21(29)27-20-13-1-6-17(20)28(11-13)12-24/h2-5,7-10,13,17,20H,1,6,11H2,(H,27,29)/t13?,17?,20-/m1/s1. The Kier molecular flexibility index (Phi) is 5.34. The molecular formula is C22H18FN5OS2. The van der Waals surface area contributed by atoms with Crippen molar-refractivity contribution in [1.29, 1.82) is 5.26 Å². The second kappa shape index (κ2) is 8.29. The van der Waals surface area contributed by atoms with Gasteiger partial charge in [-0.3, -0.25) is 9.78 Å². The predicted octanol–water partition coefficient (Wildman–Crippen LogP) is 4.17. The van der Waals surface area contributed by atoms with Crippen LogP contribution in [0.3, 0.4) is 0 Å². The zero-order chi connectivity index (χ0) is 21.4. The molecule has 2 aliphatic rings. The number of carbonyl (C=O) groups excluding carboxylic acids is 1. The maximum atomic E-state index is 13.2. The lowest BCUT2D eigenvalue weighted by molar-refractivity contribution is 0.0929. The topological polar surface area (TPSA) is 81.9 Å². The van der Waals surface area contributed by atoms with Crippen LogP contribution in [0.15, 0.2) is 58.7 Å². The number of aromatic nitrogens is 2. The molecule has 3 heterocycles. The van der Waals surface area contributed by atoms with Crippen molar-refractivity contribution in [3.8, 4) is 16.6 Å². The van der Waals surface area contributed by atoms with Crippen molar-refractivity contribution >= 4 is 29.0 Å². The largest absolute Gasteiger partial charge is 0.345 e. The molecule has 1 aliphatic heterocycles. The highest BCUT2D eigenvalue weighted by molar-refractivity contribution is 7.99. The van der Waals surface area contributed by atoms with Crippen LogP contribution >= 0.6 is 23.1 Å². The van der Waals surface area contributed by atoms with E-state index in [-0.39, 0.29) is 23.8 Å². The molecule has 1 aromatic carbocycles. The number of fused-ring (bicyclic) bond motifs is 2. The molecule has 6 nitrogen and oxygen atoms in total. The minimum atomic E-state index is -0.272. The Labute approximate surface area is 187 Å². The normalized spacial score (nSPS) is 21.8. The summed E-state index contributed by atoms with van der Waals surface area (Å²) < 4.78 is 13.2. The van der Waals surface area contributed by atoms with Gasteiger partial charge in [-0.1, -0.05) is 11.8 Å². The Balaban J connectivity index is 1.34. The number of thiazole rings is 1. The Morgan fingerprint density at radius 1 is 1.26 bits per heavy atom. The van der Waals surface area contributed by atoms with Crippen LogP contribution < -0.4 is 5.32 Å². The van der Waals surface area contributed by atoms with E-state index in [0.29, 0.717) is 10.9 Å². The van der Waals surface area contributed by atoms with Gasteiger partial charge in [0.2, 0.25) is 0 Å². The molecule has 3 aromatic rings. The van der Waals surface area contributed by atoms with E-state index in [9.17, 15) is 14.4 Å². The number of likely N-dealkylation sites (tertiary alicyclic amines) is 1. The molecule has 2 unspecified atom stereocenters. The van der Waals surface area contributed by atoms with Gasteiger partial charge in [0.05, 0.1) is 17.0 Å². The van der Waals surface area contributed by atoms with E-state index in [4.69, 9.17) is 0 Å². The summed E-state index contributed by atoms with van der Waals surface area (Å²) in [6.07, 6.45) is 9.36. The summed E-state index contributed by atoms with van der Waals surface area (Å²) in [5.41, 5.74) is 0.880. The number of piperidine rings is 1. The highest BCUT2D eigenvalue weighted by atomic mass is 32.2. The van der Waals surface area contributed by atoms with E-state index < -0.39 is 0 Å². The summed E-state index contributed by atoms with van der Waals surface area (Å²) in [6, 6.07) is 8.32. The van der Waals surface area contributed by atoms with E-state index in [1.807, 2.05) is 6.07 Å². The Bertz CT molecular complexity index is 1160. The van der Waals surface area contributed by atoms with Gasteiger partial charge in [0.1, 0.15) is 5.82 Å². The quantitative estimate of drug-likeness (QED) is 0.587. The van der Waals surface area contributed by atoms with Crippen molar-refractivity contribution < 1.29 is 9.18 Å². The number of amides is 1. The van der Waals surface area contributed by atoms with Gasteiger partial charge in [-0.25, -0.2) is 9.37 Å². The third-order valence-corrected chi connectivity index (χ3v) is 7.91. The fourth-order valence-electron chi connectivity index (χ4n) is 4.33. The van der Waals surface area contributed by atoms with Gasteiger partial charge in [0.15, 0.2) is 11.2 Å². The number of carbonyl (C=O) groups is 1. The second-order valence-electron chi connectivity index (χ2n) is 7.61. The maximum Gasteiger partial charge on any atom is 0.280 e. The monoisotopic (exact) mass is 451 g/mol. The molecule has 2 fully saturated rings. The van der Waals surface area contributed by atoms with Crippen molar-refractivity contribution in [3.63, 3.8) is 0 Å². The summed E-state index contributed by atoms with van der Waals surface area (Å²) in [5, 5.41) is 12.8. The molecule has 3 atom stereocenters. The Hall–Kier alpha value is -2.96. The SMILES string of the molecule is N#CN1CC2CCC1[C@@H]2NC(=O)c1ncc(-c2cnccc2Sc2ccc(F)cc2)s1. The van der Waals surface area contributed by atoms with E-state index in [1.165, 1.54) is 35.2 Å². The zero-order valence-electron chi connectivity index (χ0n) is 16.4. The number of nitriles is 1. The van der Waals surface area contributed by atoms with Crippen molar-refractivity contribution in [1.82, 2.24) is 20.2 Å². The lowest BCUT2D eigenvalue weighted by Gasteiger charge is -2.21. The number of nitrogens with one attached hydrogen (secondary N) is 1. The zero-order valence-corrected chi connectivity index (χ0v) is 18.0. The summed E-state index contributed by atoms with van der Waals surface area (Å²) in [6.45, 7) is 0.717. The van der Waals surface area contributed by atoms with Gasteiger partial charge >= 0.3 is 0 Å². The molecular weight excluding hydrogens is 433 g/mol. The number of nitrogens with zero attached hydrogens (tertiary/aromatic N) is 4. The fraction of sp³-hybridized carbons (Fsp3) is 0.273. The second-order valence-corrected chi connectivity index (χ2v) is 9.76. The lowest BCUT2D eigenvalue weighted by Crippen LogP contribution is -2.42. The highest BCUT2D eigenvalue weighted by Gasteiger charge is 2.47. The first-order valence-electron chi connectivity index (χ1n) is 9.93. The van der Waals surface area contributed by atoms with Gasteiger partial charge in [-0.05, 0) is 49.1 Å². The maximum absolute atomic E-state index is 13.2. The number of benzene rings is 1. The lowest BCUT2D eigenvalue weighted by atomic mass is 10.1. The minimum absolute atomic E-state index is 0.00230. The third-order valence-electron chi connectivity index (χ3n) is 5.80. The fourth-order valence-corrected chi connectivity index (χ4v) is 6.17. The van der Waals surface area contributed by atoms with Crippen LogP contribution in [0.25, 0.3) is 10.4 Å². The molecule has 0 radical (unpaired) electrons. The molecule has 1 N–H and O–H groups in total. The average molecular weight is 452 g/mol. The van der Waals surface area contributed by atoms with Crippen LogP contribution in [0.5, 0.6) is 0 Å². The molecule has 5 rings (SSSR count). The molecule has 0 spiro atoms. The van der Waals surface area contributed by atoms with Crippen LogP contribution in [0.4, 0.5) is 4.39 Å². The summed E-state index contributed by atoms with van der Waals surface area (Å²) in [5.74, 6) is -0.148. The van der Waals surface area contributed by atoms with Crippen molar-refractivity contribution in [3.05, 3.63) is 59.7 Å². The van der Waals surface area contributed by atoms with Crippen molar-refractivity contribution in [2.45, 2.75) is 34.7 Å². The first kappa shape index (κ1) is 20.0. The Morgan fingerprint density at radius 2 is 2.10 bits per heavy atom. The molecule has 9 heteroatoms. The molecule has 2 bridgehead atoms. The first-order chi connectivity index (χ1) is 15.1. The third kappa shape index (κ3) is 3.89. The number of hydrogen-bond acceptors (Lipinski definition) is 7. The number of halogens is 1. The average Bonchev–Trinajstić information content (AvgIpc) is 3.51. The molecule has 2 aromatic heterocycles. The molecule has 1 aliphatic carbocycles. The smallest absolute Gasteiger partial charge is 0.280 e. The highest BCUT2D eigenvalue weighted by Crippen LogP contribution is 2.39. The minimum Gasteiger partial charge on any atom is -0.345 e. The van der Waals surface area contributed by atoms with Crippen molar-refractivity contribution in [2.24, 2.45) is 5.92 Å². The van der Waals surface area contributed by atoms with Crippen molar-refractivity contribution in [2.75, 3.05) is 6.54 Å². The summed E-state index contributed by atoms with van der Waals surface area (Å²) >= 11 is 2.83. The number of rotatable bonds is 5. The van der Waals surface area contributed by atoms with Crippen LogP contribution in [0.1, 0.15) is 22.6 Å². The molecule has 1 amide bonds. The van der Waals surface area contributed by atoms with Gasteiger partial charge in [-0.2, -0.15) is 5.26 Å². The van der Waals surface area contributed by atoms with E-state index in [2.05, 4.69) is 21.5 Å². The first-order valence-corrected chi connectivity index (χ1v) is 11.6. The van der Waals surface area contributed by atoms with E-state index >= 15 is 0 Å². The van der Waals surface area contributed by atoms with Gasteiger partial charge in [0, 0.05) is 40.5 Å². The molecule has 31 heavy (non-hydrogen) atoms. The van der Waals surface area contributed by atoms with Gasteiger partial charge < -0.3 is 10.2 Å². The molecule has 1 saturated heterocycles. The Morgan fingerprint density at radius 3 is 2.87 bits per heavy atom. The number of pyridine rings is 1. The molecule has 156 valence electrons. The van der Waals surface area contributed by atoms with E-state index in [1.54, 1.807) is 35.6 Å². The van der Waals surface area contributed by atoms with Crippen LogP contribution in [0, 0.1) is 23.2 Å². The van der Waals surface area contributed by atoms with Crippen LogP contribution in [-0.4, -0.2) is 39.4 Å². The van der Waals surface area contributed by atoms with Crippen LogP contribution in [0.2, 0.25) is 0 Å². The van der Waals surface area contributed by atoms with E-state index in [0.717, 1.165) is 39.6 Å². The van der Waals surface area contributed by atoms with Gasteiger partial charge in [0.25, 0.3) is 5.91 Å².